The molecular formula is C28H19ClF2N6O4. The lowest BCUT2D eigenvalue weighted by atomic mass is 9.99. The van der Waals surface area contributed by atoms with E-state index in [2.05, 4.69) is 29.8 Å². The van der Waals surface area contributed by atoms with Gasteiger partial charge in [0, 0.05) is 51.9 Å². The quantitative estimate of drug-likeness (QED) is 0.258. The SMILES string of the molecule is C[C@@H]1COCc2nc3cc(C(=O)Nc4ccc(OC(F)(F)Cl)cc4)cc(-c4cnc5c(c4)-c4n[nH]cc4C5=O)c3n21. The van der Waals surface area contributed by atoms with Crippen molar-refractivity contribution >= 4 is 40.0 Å². The van der Waals surface area contributed by atoms with Gasteiger partial charge in [0.15, 0.2) is 0 Å². The Morgan fingerprint density at radius 1 is 1.17 bits per heavy atom. The Morgan fingerprint density at radius 3 is 2.76 bits per heavy atom. The number of aromatic amines is 1. The standard InChI is InChI=1S/C28H19ClF2N6O4/c1-13-11-40-12-22-35-21-8-14(27(39)34-16-2-4-17(5-3-16)41-28(29,30)31)6-18(25(21)37(13)22)15-7-19-23-20(10-33-36-23)26(38)24(19)32-9-15/h2-10,13H,11-12H2,1H3,(H,33,36)(H,34,39)/t13-/m1/s1. The fraction of sp³-hybridized carbons (Fsp3) is 0.179. The van der Waals surface area contributed by atoms with Crippen LogP contribution in [-0.2, 0) is 11.3 Å². The van der Waals surface area contributed by atoms with E-state index in [9.17, 15) is 18.4 Å². The minimum atomic E-state index is -3.85. The number of hydrogen-bond donors (Lipinski definition) is 2. The smallest absolute Gasteiger partial charge is 0.420 e. The Hall–Kier alpha value is -4.68. The highest BCUT2D eigenvalue weighted by Gasteiger charge is 2.32. The molecule has 41 heavy (non-hydrogen) atoms. The number of nitrogens with one attached hydrogen (secondary N) is 2. The van der Waals surface area contributed by atoms with Gasteiger partial charge in [-0.2, -0.15) is 5.10 Å². The van der Waals surface area contributed by atoms with Gasteiger partial charge in [0.25, 0.3) is 5.91 Å². The summed E-state index contributed by atoms with van der Waals surface area (Å²) < 4.78 is 38.0. The average molecular weight is 577 g/mol. The van der Waals surface area contributed by atoms with Crippen LogP contribution in [0.3, 0.4) is 0 Å². The molecule has 13 heteroatoms. The van der Waals surface area contributed by atoms with Crippen molar-refractivity contribution in [2.24, 2.45) is 0 Å². The van der Waals surface area contributed by atoms with Gasteiger partial charge in [0.05, 0.1) is 29.2 Å². The number of imidazole rings is 1. The molecule has 0 spiro atoms. The van der Waals surface area contributed by atoms with E-state index in [1.807, 2.05) is 13.0 Å². The number of carbonyl (C=O) groups excluding carboxylic acids is 2. The normalized spacial score (nSPS) is 15.9. The number of halogens is 3. The molecule has 0 unspecified atom stereocenters. The number of pyridine rings is 1. The second-order valence-electron chi connectivity index (χ2n) is 9.78. The van der Waals surface area contributed by atoms with Crippen LogP contribution in [0, 0.1) is 0 Å². The maximum Gasteiger partial charge on any atom is 0.487 e. The molecule has 2 aliphatic rings. The van der Waals surface area contributed by atoms with Crippen LogP contribution < -0.4 is 10.1 Å². The molecule has 206 valence electrons. The van der Waals surface area contributed by atoms with Crippen LogP contribution in [-0.4, -0.2) is 48.6 Å². The summed E-state index contributed by atoms with van der Waals surface area (Å²) in [6, 6.07) is 10.7. The second kappa shape index (κ2) is 9.18. The van der Waals surface area contributed by atoms with Gasteiger partial charge in [-0.1, -0.05) is 0 Å². The molecule has 4 heterocycles. The Balaban J connectivity index is 1.32. The van der Waals surface area contributed by atoms with Crippen LogP contribution >= 0.6 is 11.6 Å². The number of benzene rings is 2. The highest BCUT2D eigenvalue weighted by Crippen LogP contribution is 2.39. The van der Waals surface area contributed by atoms with Gasteiger partial charge in [-0.15, -0.1) is 8.78 Å². The molecule has 1 aliphatic carbocycles. The number of alkyl halides is 3. The van der Waals surface area contributed by atoms with Crippen LogP contribution in [0.2, 0.25) is 0 Å². The van der Waals surface area contributed by atoms with Crippen molar-refractivity contribution in [3.05, 3.63) is 77.5 Å². The van der Waals surface area contributed by atoms with Crippen LogP contribution in [0.15, 0.2) is 54.9 Å². The van der Waals surface area contributed by atoms with E-state index in [1.54, 1.807) is 24.5 Å². The van der Waals surface area contributed by atoms with Gasteiger partial charge in [0.2, 0.25) is 5.78 Å². The van der Waals surface area contributed by atoms with Gasteiger partial charge >= 0.3 is 5.57 Å². The monoisotopic (exact) mass is 576 g/mol. The van der Waals surface area contributed by atoms with Crippen LogP contribution in [0.5, 0.6) is 5.75 Å². The van der Waals surface area contributed by atoms with Crippen molar-refractivity contribution in [3.8, 4) is 28.1 Å². The van der Waals surface area contributed by atoms with E-state index in [0.29, 0.717) is 63.6 Å². The van der Waals surface area contributed by atoms with Gasteiger partial charge in [-0.25, -0.2) is 4.98 Å². The summed E-state index contributed by atoms with van der Waals surface area (Å²) >= 11 is 4.82. The Bertz CT molecular complexity index is 1880. The lowest BCUT2D eigenvalue weighted by Crippen LogP contribution is -2.21. The molecule has 1 amide bonds. The van der Waals surface area contributed by atoms with E-state index in [0.717, 1.165) is 11.3 Å². The minimum Gasteiger partial charge on any atom is -0.420 e. The third-order valence-corrected chi connectivity index (χ3v) is 7.13. The third-order valence-electron chi connectivity index (χ3n) is 7.05. The minimum absolute atomic E-state index is 0.00909. The highest BCUT2D eigenvalue weighted by atomic mass is 35.5. The van der Waals surface area contributed by atoms with E-state index in [1.165, 1.54) is 24.3 Å². The molecule has 0 bridgehead atoms. The largest absolute Gasteiger partial charge is 0.487 e. The number of hydrogen-bond acceptors (Lipinski definition) is 7. The number of H-pyrrole nitrogens is 1. The fourth-order valence-electron chi connectivity index (χ4n) is 5.32. The number of amides is 1. The predicted octanol–water partition coefficient (Wildman–Crippen LogP) is 5.54. The molecule has 3 aromatic heterocycles. The second-order valence-corrected chi connectivity index (χ2v) is 10.2. The van der Waals surface area contributed by atoms with Crippen LogP contribution in [0.4, 0.5) is 14.5 Å². The lowest BCUT2D eigenvalue weighted by molar-refractivity contribution is -0.0964. The first-order chi connectivity index (χ1) is 19.7. The molecule has 2 aromatic carbocycles. The molecule has 5 aromatic rings. The molecular weight excluding hydrogens is 558 g/mol. The molecule has 1 atom stereocenters. The third kappa shape index (κ3) is 4.32. The van der Waals surface area contributed by atoms with Crippen molar-refractivity contribution in [2.75, 3.05) is 11.9 Å². The van der Waals surface area contributed by atoms with Crippen LogP contribution in [0.1, 0.15) is 45.2 Å². The first-order valence-electron chi connectivity index (χ1n) is 12.6. The number of rotatable bonds is 5. The zero-order valence-electron chi connectivity index (χ0n) is 21.2. The molecule has 10 nitrogen and oxygen atoms in total. The van der Waals surface area contributed by atoms with E-state index in [-0.39, 0.29) is 17.6 Å². The molecule has 7 rings (SSSR count). The van der Waals surface area contributed by atoms with E-state index >= 15 is 0 Å². The van der Waals surface area contributed by atoms with Gasteiger partial charge < -0.3 is 19.4 Å². The van der Waals surface area contributed by atoms with Crippen molar-refractivity contribution in [1.29, 1.82) is 0 Å². The maximum atomic E-state index is 13.4. The Morgan fingerprint density at radius 2 is 1.98 bits per heavy atom. The maximum absolute atomic E-state index is 13.4. The molecule has 0 saturated carbocycles. The van der Waals surface area contributed by atoms with Gasteiger partial charge in [0.1, 0.15) is 29.6 Å². The van der Waals surface area contributed by atoms with Crippen molar-refractivity contribution < 1.29 is 27.8 Å². The van der Waals surface area contributed by atoms with Crippen molar-refractivity contribution in [3.63, 3.8) is 0 Å². The van der Waals surface area contributed by atoms with Crippen LogP contribution in [0.25, 0.3) is 33.4 Å². The first kappa shape index (κ1) is 25.3. The Kier molecular flexibility index (Phi) is 5.66. The number of ketones is 1. The topological polar surface area (TPSA) is 124 Å². The average Bonchev–Trinajstić information content (AvgIpc) is 3.63. The number of carbonyl (C=O) groups is 2. The van der Waals surface area contributed by atoms with Crippen molar-refractivity contribution in [1.82, 2.24) is 24.7 Å². The molecule has 1 aliphatic heterocycles. The summed E-state index contributed by atoms with van der Waals surface area (Å²) in [5, 5.41) is 9.74. The zero-order chi connectivity index (χ0) is 28.5. The summed E-state index contributed by atoms with van der Waals surface area (Å²) in [7, 11) is 0. The number of anilines is 1. The Labute approximate surface area is 235 Å². The predicted molar refractivity (Wildman–Crippen MR) is 144 cm³/mol. The van der Waals surface area contributed by atoms with Crippen molar-refractivity contribution in [2.45, 2.75) is 25.1 Å². The summed E-state index contributed by atoms with van der Waals surface area (Å²) in [6.45, 7) is 2.85. The van der Waals surface area contributed by atoms with E-state index in [4.69, 9.17) is 21.3 Å². The molecule has 2 N–H and O–H groups in total. The van der Waals surface area contributed by atoms with Gasteiger partial charge in [-0.05, 0) is 49.4 Å². The number of fused-ring (bicyclic) bond motifs is 6. The summed E-state index contributed by atoms with van der Waals surface area (Å²) in [6.07, 6.45) is 3.16. The lowest BCUT2D eigenvalue weighted by Gasteiger charge is -2.23. The number of aromatic nitrogens is 5. The van der Waals surface area contributed by atoms with Gasteiger partial charge in [-0.3, -0.25) is 19.7 Å². The summed E-state index contributed by atoms with van der Waals surface area (Å²) in [4.78, 5) is 35.4. The number of ether oxygens (including phenoxy) is 2. The summed E-state index contributed by atoms with van der Waals surface area (Å²) in [5.74, 6) is -0.0803. The molecule has 0 saturated heterocycles. The fourth-order valence-corrected chi connectivity index (χ4v) is 5.40. The summed E-state index contributed by atoms with van der Waals surface area (Å²) in [5.41, 5.74) is 1.50. The molecule has 0 fully saturated rings. The highest BCUT2D eigenvalue weighted by molar-refractivity contribution is 6.21. The van der Waals surface area contributed by atoms with E-state index < -0.39 is 11.5 Å². The first-order valence-corrected chi connectivity index (χ1v) is 12.9. The number of nitrogens with zero attached hydrogens (tertiary/aromatic N) is 4. The zero-order valence-corrected chi connectivity index (χ0v) is 22.0. The molecule has 0 radical (unpaired) electrons.